The number of benzene rings is 1. The number of aliphatic hydroxyl groups is 1. The van der Waals surface area contributed by atoms with Crippen LogP contribution in [0.1, 0.15) is 38.2 Å². The fourth-order valence-electron chi connectivity index (χ4n) is 2.95. The summed E-state index contributed by atoms with van der Waals surface area (Å²) in [7, 11) is 0. The van der Waals surface area contributed by atoms with Crippen LogP contribution >= 0.6 is 0 Å². The molecule has 2 rings (SSSR count). The van der Waals surface area contributed by atoms with Gasteiger partial charge >= 0.3 is 0 Å². The van der Waals surface area contributed by atoms with Gasteiger partial charge in [-0.1, -0.05) is 25.5 Å². The number of hydrogen-bond acceptors (Lipinski definition) is 3. The number of nitrogens with zero attached hydrogens (tertiary/aromatic N) is 1. The second kappa shape index (κ2) is 8.15. The van der Waals surface area contributed by atoms with Crippen molar-refractivity contribution in [1.82, 2.24) is 4.90 Å². The van der Waals surface area contributed by atoms with Gasteiger partial charge in [-0.05, 0) is 49.9 Å². The van der Waals surface area contributed by atoms with E-state index in [9.17, 15) is 4.79 Å². The van der Waals surface area contributed by atoms with Crippen LogP contribution in [0.15, 0.2) is 24.3 Å². The summed E-state index contributed by atoms with van der Waals surface area (Å²) >= 11 is 0. The van der Waals surface area contributed by atoms with Crippen molar-refractivity contribution in [2.24, 2.45) is 0 Å². The zero-order valence-corrected chi connectivity index (χ0v) is 12.8. The Morgan fingerprint density at radius 1 is 1.33 bits per heavy atom. The van der Waals surface area contributed by atoms with Gasteiger partial charge in [0, 0.05) is 18.3 Å². The van der Waals surface area contributed by atoms with Crippen LogP contribution in [0.25, 0.3) is 0 Å². The molecule has 0 aromatic heterocycles. The fourth-order valence-corrected chi connectivity index (χ4v) is 2.95. The number of amides is 1. The molecule has 1 aliphatic rings. The molecule has 1 atom stereocenters. The Labute approximate surface area is 127 Å². The second-order valence-corrected chi connectivity index (χ2v) is 5.73. The van der Waals surface area contributed by atoms with Crippen LogP contribution in [-0.4, -0.2) is 41.7 Å². The third-order valence-electron chi connectivity index (χ3n) is 4.20. The van der Waals surface area contributed by atoms with Crippen LogP contribution in [0.3, 0.4) is 0 Å². The normalized spacial score (nSPS) is 19.4. The molecule has 21 heavy (non-hydrogen) atoms. The summed E-state index contributed by atoms with van der Waals surface area (Å²) in [5.74, 6) is 0.0316. The molecule has 0 radical (unpaired) electrons. The molecule has 4 heteroatoms. The molecular weight excluding hydrogens is 264 g/mol. The van der Waals surface area contributed by atoms with Gasteiger partial charge in [-0.15, -0.1) is 0 Å². The molecule has 0 spiro atoms. The van der Waals surface area contributed by atoms with Gasteiger partial charge in [-0.2, -0.15) is 0 Å². The lowest BCUT2D eigenvalue weighted by molar-refractivity contribution is -0.118. The van der Waals surface area contributed by atoms with E-state index in [-0.39, 0.29) is 12.5 Å². The van der Waals surface area contributed by atoms with Gasteiger partial charge in [0.2, 0.25) is 5.91 Å². The van der Waals surface area contributed by atoms with Crippen LogP contribution < -0.4 is 5.32 Å². The Bertz CT molecular complexity index is 443. The minimum Gasteiger partial charge on any atom is -0.396 e. The number of aryl methyl sites for hydroxylation is 1. The number of carbonyl (C=O) groups excluding carboxylic acids is 1. The zero-order chi connectivity index (χ0) is 15.1. The van der Waals surface area contributed by atoms with Crippen LogP contribution in [-0.2, 0) is 11.2 Å². The second-order valence-electron chi connectivity index (χ2n) is 5.73. The number of piperidine rings is 1. The quantitative estimate of drug-likeness (QED) is 0.846. The Balaban J connectivity index is 1.87. The summed E-state index contributed by atoms with van der Waals surface area (Å²) in [6.45, 7) is 3.68. The van der Waals surface area contributed by atoms with Crippen molar-refractivity contribution in [2.45, 2.75) is 45.1 Å². The fraction of sp³-hybridized carbons (Fsp3) is 0.588. The minimum absolute atomic E-state index is 0.0316. The Hall–Kier alpha value is -1.39. The summed E-state index contributed by atoms with van der Waals surface area (Å²) < 4.78 is 0. The SMILES string of the molecule is CCc1ccc(NC(=O)CN2CCCCC2CCO)cc1. The van der Waals surface area contributed by atoms with Crippen molar-refractivity contribution in [3.8, 4) is 0 Å². The lowest BCUT2D eigenvalue weighted by atomic mass is 9.99. The van der Waals surface area contributed by atoms with Gasteiger partial charge in [0.1, 0.15) is 0 Å². The van der Waals surface area contributed by atoms with Gasteiger partial charge < -0.3 is 10.4 Å². The molecule has 116 valence electrons. The molecule has 0 aliphatic carbocycles. The standard InChI is InChI=1S/C17H26N2O2/c1-2-14-6-8-15(9-7-14)18-17(21)13-19-11-4-3-5-16(19)10-12-20/h6-9,16,20H,2-5,10-13H2,1H3,(H,18,21). The topological polar surface area (TPSA) is 52.6 Å². The van der Waals surface area contributed by atoms with E-state index >= 15 is 0 Å². The third-order valence-corrected chi connectivity index (χ3v) is 4.20. The number of anilines is 1. The van der Waals surface area contributed by atoms with Crippen molar-refractivity contribution in [3.63, 3.8) is 0 Å². The maximum absolute atomic E-state index is 12.2. The first-order chi connectivity index (χ1) is 10.2. The number of rotatable bonds is 6. The van der Waals surface area contributed by atoms with Gasteiger partial charge in [0.05, 0.1) is 6.54 Å². The van der Waals surface area contributed by atoms with Crippen molar-refractivity contribution in [1.29, 1.82) is 0 Å². The van der Waals surface area contributed by atoms with E-state index in [1.54, 1.807) is 0 Å². The van der Waals surface area contributed by atoms with Crippen molar-refractivity contribution >= 4 is 11.6 Å². The summed E-state index contributed by atoms with van der Waals surface area (Å²) in [5.41, 5.74) is 2.12. The molecule has 4 nitrogen and oxygen atoms in total. The van der Waals surface area contributed by atoms with Gasteiger partial charge in [-0.25, -0.2) is 0 Å². The average molecular weight is 290 g/mol. The number of carbonyl (C=O) groups is 1. The summed E-state index contributed by atoms with van der Waals surface area (Å²) in [6, 6.07) is 8.35. The number of hydrogen-bond donors (Lipinski definition) is 2. The highest BCUT2D eigenvalue weighted by molar-refractivity contribution is 5.92. The lowest BCUT2D eigenvalue weighted by Crippen LogP contribution is -2.44. The first kappa shape index (κ1) is 16.0. The highest BCUT2D eigenvalue weighted by atomic mass is 16.3. The van der Waals surface area contributed by atoms with E-state index in [1.165, 1.54) is 12.0 Å². The van der Waals surface area contributed by atoms with Crippen molar-refractivity contribution in [3.05, 3.63) is 29.8 Å². The van der Waals surface area contributed by atoms with Crippen LogP contribution in [0, 0.1) is 0 Å². The van der Waals surface area contributed by atoms with Crippen LogP contribution in [0.5, 0.6) is 0 Å². The highest BCUT2D eigenvalue weighted by Gasteiger charge is 2.23. The van der Waals surface area contributed by atoms with E-state index in [4.69, 9.17) is 5.11 Å². The molecule has 2 N–H and O–H groups in total. The third kappa shape index (κ3) is 4.83. The molecular formula is C17H26N2O2. The van der Waals surface area contributed by atoms with Gasteiger partial charge in [0.15, 0.2) is 0 Å². The van der Waals surface area contributed by atoms with Crippen LogP contribution in [0.2, 0.25) is 0 Å². The predicted molar refractivity (Wildman–Crippen MR) is 85.4 cm³/mol. The summed E-state index contributed by atoms with van der Waals surface area (Å²) in [4.78, 5) is 14.4. The molecule has 0 bridgehead atoms. The maximum Gasteiger partial charge on any atom is 0.238 e. The smallest absolute Gasteiger partial charge is 0.238 e. The maximum atomic E-state index is 12.2. The Kier molecular flexibility index (Phi) is 6.21. The van der Waals surface area contributed by atoms with Gasteiger partial charge in [-0.3, -0.25) is 9.69 Å². The minimum atomic E-state index is 0.0316. The molecule has 1 unspecified atom stereocenters. The molecule has 1 aromatic rings. The zero-order valence-electron chi connectivity index (χ0n) is 12.8. The monoisotopic (exact) mass is 290 g/mol. The lowest BCUT2D eigenvalue weighted by Gasteiger charge is -2.34. The predicted octanol–water partition coefficient (Wildman–Crippen LogP) is 2.42. The summed E-state index contributed by atoms with van der Waals surface area (Å²) in [5, 5.41) is 12.1. The van der Waals surface area contributed by atoms with Crippen molar-refractivity contribution < 1.29 is 9.90 Å². The molecule has 1 fully saturated rings. The Morgan fingerprint density at radius 3 is 2.76 bits per heavy atom. The molecule has 1 aliphatic heterocycles. The summed E-state index contributed by atoms with van der Waals surface area (Å²) in [6.07, 6.45) is 5.18. The van der Waals surface area contributed by atoms with Crippen molar-refractivity contribution in [2.75, 3.05) is 25.0 Å². The highest BCUT2D eigenvalue weighted by Crippen LogP contribution is 2.19. The largest absolute Gasteiger partial charge is 0.396 e. The Morgan fingerprint density at radius 2 is 2.10 bits per heavy atom. The first-order valence-electron chi connectivity index (χ1n) is 7.96. The molecule has 1 saturated heterocycles. The van der Waals surface area contributed by atoms with Crippen LogP contribution in [0.4, 0.5) is 5.69 Å². The molecule has 1 amide bonds. The number of nitrogens with one attached hydrogen (secondary N) is 1. The molecule has 1 heterocycles. The molecule has 0 saturated carbocycles. The van der Waals surface area contributed by atoms with E-state index in [1.807, 2.05) is 24.3 Å². The number of aliphatic hydroxyl groups excluding tert-OH is 1. The van der Waals surface area contributed by atoms with E-state index in [0.29, 0.717) is 12.6 Å². The molecule has 1 aromatic carbocycles. The van der Waals surface area contributed by atoms with E-state index in [2.05, 4.69) is 17.1 Å². The number of likely N-dealkylation sites (tertiary alicyclic amines) is 1. The first-order valence-corrected chi connectivity index (χ1v) is 7.96. The van der Waals surface area contributed by atoms with Gasteiger partial charge in [0.25, 0.3) is 0 Å². The van der Waals surface area contributed by atoms with E-state index in [0.717, 1.165) is 37.9 Å². The average Bonchev–Trinajstić information content (AvgIpc) is 2.50. The van der Waals surface area contributed by atoms with E-state index < -0.39 is 0 Å².